The van der Waals surface area contributed by atoms with E-state index in [0.29, 0.717) is 11.1 Å². The van der Waals surface area contributed by atoms with Gasteiger partial charge in [0.05, 0.1) is 5.70 Å². The molecule has 0 amide bonds. The molecule has 0 fully saturated rings. The number of ketones is 2. The van der Waals surface area contributed by atoms with E-state index in [1.165, 1.54) is 6.08 Å². The van der Waals surface area contributed by atoms with Gasteiger partial charge >= 0.3 is 0 Å². The molecule has 0 aromatic heterocycles. The van der Waals surface area contributed by atoms with Gasteiger partial charge in [-0.2, -0.15) is 0 Å². The first kappa shape index (κ1) is 16.7. The summed E-state index contributed by atoms with van der Waals surface area (Å²) in [6, 6.07) is 16.1. The molecule has 2 aromatic rings. The van der Waals surface area contributed by atoms with Crippen LogP contribution in [0, 0.1) is 0 Å². The number of carbonyl (C=O) groups excluding carboxylic acids is 2. The van der Waals surface area contributed by atoms with Crippen molar-refractivity contribution >= 4 is 11.6 Å². The van der Waals surface area contributed by atoms with Crippen molar-refractivity contribution in [2.24, 2.45) is 5.73 Å². The lowest BCUT2D eigenvalue weighted by Crippen LogP contribution is -2.16. The Morgan fingerprint density at radius 3 is 2.13 bits per heavy atom. The zero-order valence-electron chi connectivity index (χ0n) is 13.7. The van der Waals surface area contributed by atoms with Gasteiger partial charge in [-0.1, -0.05) is 69.3 Å². The molecular weight excluding hydrogens is 286 g/mol. The van der Waals surface area contributed by atoms with Crippen LogP contribution in [0.4, 0.5) is 0 Å². The number of carbonyl (C=O) groups is 2. The van der Waals surface area contributed by atoms with E-state index in [1.807, 2.05) is 24.3 Å². The molecule has 118 valence electrons. The first-order valence-electron chi connectivity index (χ1n) is 7.51. The van der Waals surface area contributed by atoms with Gasteiger partial charge in [0.1, 0.15) is 0 Å². The van der Waals surface area contributed by atoms with E-state index in [9.17, 15) is 9.59 Å². The summed E-state index contributed by atoms with van der Waals surface area (Å²) in [7, 11) is 0. The Balaban J connectivity index is 2.26. The van der Waals surface area contributed by atoms with Gasteiger partial charge in [-0.3, -0.25) is 9.59 Å². The van der Waals surface area contributed by atoms with Crippen LogP contribution in [0.15, 0.2) is 66.4 Å². The Morgan fingerprint density at radius 2 is 1.52 bits per heavy atom. The fourth-order valence-electron chi connectivity index (χ4n) is 2.19. The fraction of sp³-hybridized carbons (Fsp3) is 0.200. The normalized spacial score (nSPS) is 12.0. The molecule has 3 heteroatoms. The van der Waals surface area contributed by atoms with Gasteiger partial charge in [-0.05, 0) is 17.0 Å². The predicted molar refractivity (Wildman–Crippen MR) is 92.5 cm³/mol. The number of hydrogen-bond acceptors (Lipinski definition) is 3. The smallest absolute Gasteiger partial charge is 0.208 e. The standard InChI is InChI=1S/C20H21NO2/c1-20(2,3)16-11-7-10-15(12-16)19(23)17(21)13-18(22)14-8-5-4-6-9-14/h4-13H,21H2,1-3H3. The zero-order valence-corrected chi connectivity index (χ0v) is 13.7. The number of Topliss-reactive ketones (excluding diaryl/α,β-unsaturated/α-hetero) is 1. The monoisotopic (exact) mass is 307 g/mol. The second kappa shape index (κ2) is 6.61. The molecule has 2 aromatic carbocycles. The maximum atomic E-state index is 12.4. The SMILES string of the molecule is CC(C)(C)c1cccc(C(=O)C(N)=CC(=O)c2ccccc2)c1. The van der Waals surface area contributed by atoms with Gasteiger partial charge in [-0.15, -0.1) is 0 Å². The second-order valence-corrected chi connectivity index (χ2v) is 6.49. The minimum Gasteiger partial charge on any atom is -0.395 e. The van der Waals surface area contributed by atoms with Crippen molar-refractivity contribution in [1.82, 2.24) is 0 Å². The molecule has 2 rings (SSSR count). The third-order valence-electron chi connectivity index (χ3n) is 3.60. The van der Waals surface area contributed by atoms with Crippen LogP contribution in [-0.2, 0) is 5.41 Å². The Bertz CT molecular complexity index is 753. The molecule has 0 aliphatic rings. The van der Waals surface area contributed by atoms with Crippen LogP contribution in [0.25, 0.3) is 0 Å². The van der Waals surface area contributed by atoms with E-state index in [2.05, 4.69) is 20.8 Å². The maximum absolute atomic E-state index is 12.4. The molecule has 0 spiro atoms. The largest absolute Gasteiger partial charge is 0.395 e. The number of rotatable bonds is 4. The third kappa shape index (κ3) is 4.16. The Labute approximate surface area is 136 Å². The highest BCUT2D eigenvalue weighted by molar-refractivity contribution is 6.14. The summed E-state index contributed by atoms with van der Waals surface area (Å²) >= 11 is 0. The summed E-state index contributed by atoms with van der Waals surface area (Å²) in [6.45, 7) is 6.23. The lowest BCUT2D eigenvalue weighted by Gasteiger charge is -2.19. The van der Waals surface area contributed by atoms with Crippen LogP contribution in [0.3, 0.4) is 0 Å². The maximum Gasteiger partial charge on any atom is 0.208 e. The lowest BCUT2D eigenvalue weighted by atomic mass is 9.85. The molecule has 0 aliphatic heterocycles. The van der Waals surface area contributed by atoms with Crippen LogP contribution in [0.5, 0.6) is 0 Å². The first-order valence-corrected chi connectivity index (χ1v) is 7.51. The first-order chi connectivity index (χ1) is 10.8. The van der Waals surface area contributed by atoms with E-state index >= 15 is 0 Å². The minimum absolute atomic E-state index is 0.0510. The van der Waals surface area contributed by atoms with Crippen molar-refractivity contribution in [2.75, 3.05) is 0 Å². The van der Waals surface area contributed by atoms with Gasteiger partial charge < -0.3 is 5.73 Å². The third-order valence-corrected chi connectivity index (χ3v) is 3.60. The molecule has 0 unspecified atom stereocenters. The van der Waals surface area contributed by atoms with Crippen molar-refractivity contribution in [3.8, 4) is 0 Å². The summed E-state index contributed by atoms with van der Waals surface area (Å²) in [5.74, 6) is -0.608. The second-order valence-electron chi connectivity index (χ2n) is 6.49. The van der Waals surface area contributed by atoms with Gasteiger partial charge in [0.2, 0.25) is 5.78 Å². The highest BCUT2D eigenvalue weighted by Gasteiger charge is 2.17. The van der Waals surface area contributed by atoms with Gasteiger partial charge in [0, 0.05) is 17.2 Å². The summed E-state index contributed by atoms with van der Waals surface area (Å²) in [4.78, 5) is 24.6. The average Bonchev–Trinajstić information content (AvgIpc) is 2.54. The molecule has 23 heavy (non-hydrogen) atoms. The molecule has 0 heterocycles. The molecule has 0 radical (unpaired) electrons. The topological polar surface area (TPSA) is 60.2 Å². The average molecular weight is 307 g/mol. The van der Waals surface area contributed by atoms with Crippen molar-refractivity contribution in [3.05, 3.63) is 83.1 Å². The number of benzene rings is 2. The Morgan fingerprint density at radius 1 is 0.913 bits per heavy atom. The van der Waals surface area contributed by atoms with E-state index in [-0.39, 0.29) is 22.7 Å². The molecule has 0 aliphatic carbocycles. The summed E-state index contributed by atoms with van der Waals surface area (Å²) in [6.07, 6.45) is 1.20. The van der Waals surface area contributed by atoms with Crippen LogP contribution in [0.2, 0.25) is 0 Å². The van der Waals surface area contributed by atoms with E-state index in [4.69, 9.17) is 5.73 Å². The van der Waals surface area contributed by atoms with Crippen molar-refractivity contribution in [2.45, 2.75) is 26.2 Å². The zero-order chi connectivity index (χ0) is 17.0. The summed E-state index contributed by atoms with van der Waals surface area (Å²) < 4.78 is 0. The molecule has 2 N–H and O–H groups in total. The number of nitrogens with two attached hydrogens (primary N) is 1. The van der Waals surface area contributed by atoms with Crippen LogP contribution >= 0.6 is 0 Å². The van der Waals surface area contributed by atoms with E-state index < -0.39 is 0 Å². The quantitative estimate of drug-likeness (QED) is 0.688. The molecular formula is C20H21NO2. The van der Waals surface area contributed by atoms with Gasteiger partial charge in [-0.25, -0.2) is 0 Å². The van der Waals surface area contributed by atoms with E-state index in [0.717, 1.165) is 5.56 Å². The predicted octanol–water partition coefficient (Wildman–Crippen LogP) is 3.89. The molecule has 0 saturated heterocycles. The van der Waals surface area contributed by atoms with Crippen molar-refractivity contribution < 1.29 is 9.59 Å². The highest BCUT2D eigenvalue weighted by atomic mass is 16.1. The number of allylic oxidation sites excluding steroid dienone is 2. The Kier molecular flexibility index (Phi) is 4.80. The van der Waals surface area contributed by atoms with Crippen molar-refractivity contribution in [1.29, 1.82) is 0 Å². The lowest BCUT2D eigenvalue weighted by molar-refractivity contribution is 0.101. The van der Waals surface area contributed by atoms with E-state index in [1.54, 1.807) is 30.3 Å². The summed E-state index contributed by atoms with van der Waals surface area (Å²) in [5, 5.41) is 0. The minimum atomic E-state index is -0.333. The highest BCUT2D eigenvalue weighted by Crippen LogP contribution is 2.23. The summed E-state index contributed by atoms with van der Waals surface area (Å²) in [5.41, 5.74) is 7.77. The van der Waals surface area contributed by atoms with Crippen LogP contribution in [0.1, 0.15) is 47.1 Å². The van der Waals surface area contributed by atoms with Crippen LogP contribution < -0.4 is 5.73 Å². The van der Waals surface area contributed by atoms with Crippen molar-refractivity contribution in [3.63, 3.8) is 0 Å². The molecule has 3 nitrogen and oxygen atoms in total. The van der Waals surface area contributed by atoms with Crippen LogP contribution in [-0.4, -0.2) is 11.6 Å². The van der Waals surface area contributed by atoms with Gasteiger partial charge in [0.25, 0.3) is 0 Å². The molecule has 0 atom stereocenters. The fourth-order valence-corrected chi connectivity index (χ4v) is 2.19. The molecule has 0 saturated carbocycles. The number of hydrogen-bond donors (Lipinski definition) is 1. The Hall–Kier alpha value is -2.68. The van der Waals surface area contributed by atoms with Gasteiger partial charge in [0.15, 0.2) is 5.78 Å². The molecule has 0 bridgehead atoms.